The number of ketones is 1. The number of amides is 1. The second-order valence-corrected chi connectivity index (χ2v) is 5.24. The second kappa shape index (κ2) is 4.68. The van der Waals surface area contributed by atoms with Gasteiger partial charge in [0.25, 0.3) is 5.91 Å². The fourth-order valence-corrected chi connectivity index (χ4v) is 2.47. The smallest absolute Gasteiger partial charge is 0.263 e. The molecule has 19 heavy (non-hydrogen) atoms. The van der Waals surface area contributed by atoms with Gasteiger partial charge in [0.15, 0.2) is 11.9 Å². The van der Waals surface area contributed by atoms with E-state index in [4.69, 9.17) is 4.74 Å². The molecule has 0 radical (unpaired) electrons. The number of rotatable bonds is 4. The summed E-state index contributed by atoms with van der Waals surface area (Å²) in [4.78, 5) is 25.2. The number of Topliss-reactive ketones (excluding diaryl/α,β-unsaturated/α-hetero) is 1. The highest BCUT2D eigenvalue weighted by molar-refractivity contribution is 5.94. The van der Waals surface area contributed by atoms with Crippen molar-refractivity contribution >= 4 is 11.7 Å². The van der Waals surface area contributed by atoms with Crippen molar-refractivity contribution in [3.8, 4) is 5.75 Å². The monoisotopic (exact) mass is 259 g/mol. The molecule has 1 atom stereocenters. The van der Waals surface area contributed by atoms with Gasteiger partial charge in [-0.15, -0.1) is 0 Å². The summed E-state index contributed by atoms with van der Waals surface area (Å²) in [7, 11) is 0. The Balaban J connectivity index is 1.65. The SMILES string of the molecule is CC(=O)c1ccc(OC2CCN(C3CC3)C2=O)cc1. The van der Waals surface area contributed by atoms with Gasteiger partial charge in [0.1, 0.15) is 5.75 Å². The summed E-state index contributed by atoms with van der Waals surface area (Å²) in [6.07, 6.45) is 2.66. The van der Waals surface area contributed by atoms with Crippen molar-refractivity contribution in [2.45, 2.75) is 38.3 Å². The van der Waals surface area contributed by atoms with E-state index in [1.165, 1.54) is 6.92 Å². The lowest BCUT2D eigenvalue weighted by Crippen LogP contribution is -2.33. The lowest BCUT2D eigenvalue weighted by molar-refractivity contribution is -0.133. The molecule has 1 saturated heterocycles. The van der Waals surface area contributed by atoms with Crippen molar-refractivity contribution in [3.05, 3.63) is 29.8 Å². The first kappa shape index (κ1) is 12.2. The number of ether oxygens (including phenoxy) is 1. The minimum atomic E-state index is -0.358. The van der Waals surface area contributed by atoms with Crippen molar-refractivity contribution in [3.63, 3.8) is 0 Å². The van der Waals surface area contributed by atoms with Gasteiger partial charge in [-0.1, -0.05) is 0 Å². The first-order valence-corrected chi connectivity index (χ1v) is 6.73. The molecule has 2 fully saturated rings. The summed E-state index contributed by atoms with van der Waals surface area (Å²) in [6, 6.07) is 7.43. The van der Waals surface area contributed by atoms with Crippen LogP contribution in [0.2, 0.25) is 0 Å². The third-order valence-electron chi connectivity index (χ3n) is 3.72. The first-order chi connectivity index (χ1) is 9.15. The molecule has 1 aliphatic carbocycles. The molecule has 1 aliphatic heterocycles. The molecular formula is C15H17NO3. The van der Waals surface area contributed by atoms with E-state index in [1.54, 1.807) is 24.3 Å². The summed E-state index contributed by atoms with van der Waals surface area (Å²) in [5.41, 5.74) is 0.657. The van der Waals surface area contributed by atoms with Gasteiger partial charge in [-0.2, -0.15) is 0 Å². The lowest BCUT2D eigenvalue weighted by atomic mass is 10.1. The van der Waals surface area contributed by atoms with Crippen LogP contribution in [0.3, 0.4) is 0 Å². The molecule has 1 aromatic rings. The Labute approximate surface area is 112 Å². The maximum Gasteiger partial charge on any atom is 0.263 e. The van der Waals surface area contributed by atoms with Crippen molar-refractivity contribution in [1.82, 2.24) is 4.90 Å². The van der Waals surface area contributed by atoms with Crippen LogP contribution < -0.4 is 4.74 Å². The van der Waals surface area contributed by atoms with Gasteiger partial charge < -0.3 is 9.64 Å². The molecule has 0 bridgehead atoms. The molecule has 4 nitrogen and oxygen atoms in total. The largest absolute Gasteiger partial charge is 0.481 e. The number of hydrogen-bond donors (Lipinski definition) is 0. The summed E-state index contributed by atoms with van der Waals surface area (Å²) in [6.45, 7) is 2.34. The Morgan fingerprint density at radius 3 is 2.47 bits per heavy atom. The Morgan fingerprint density at radius 2 is 1.89 bits per heavy atom. The van der Waals surface area contributed by atoms with Gasteiger partial charge in [0, 0.05) is 24.6 Å². The predicted molar refractivity (Wildman–Crippen MR) is 70.2 cm³/mol. The Bertz CT molecular complexity index is 505. The van der Waals surface area contributed by atoms with Crippen LogP contribution >= 0.6 is 0 Å². The van der Waals surface area contributed by atoms with Crippen LogP contribution in [0.5, 0.6) is 5.75 Å². The Kier molecular flexibility index (Phi) is 3.01. The van der Waals surface area contributed by atoms with Crippen molar-refractivity contribution in [1.29, 1.82) is 0 Å². The molecule has 100 valence electrons. The van der Waals surface area contributed by atoms with Crippen LogP contribution in [-0.4, -0.2) is 35.3 Å². The zero-order valence-corrected chi connectivity index (χ0v) is 11.0. The van der Waals surface area contributed by atoms with Gasteiger partial charge in [0.05, 0.1) is 0 Å². The van der Waals surface area contributed by atoms with E-state index in [1.807, 2.05) is 4.90 Å². The fourth-order valence-electron chi connectivity index (χ4n) is 2.47. The third kappa shape index (κ3) is 2.48. The quantitative estimate of drug-likeness (QED) is 0.777. The second-order valence-electron chi connectivity index (χ2n) is 5.24. The molecule has 1 unspecified atom stereocenters. The van der Waals surface area contributed by atoms with Gasteiger partial charge in [0.2, 0.25) is 0 Å². The number of hydrogen-bond acceptors (Lipinski definition) is 3. The first-order valence-electron chi connectivity index (χ1n) is 6.73. The van der Waals surface area contributed by atoms with E-state index in [0.29, 0.717) is 17.4 Å². The predicted octanol–water partition coefficient (Wildman–Crippen LogP) is 2.03. The standard InChI is InChI=1S/C15H17NO3/c1-10(17)11-2-6-13(7-3-11)19-14-8-9-16(15(14)18)12-4-5-12/h2-3,6-7,12,14H,4-5,8-9H2,1H3. The van der Waals surface area contributed by atoms with Crippen LogP contribution in [-0.2, 0) is 4.79 Å². The topological polar surface area (TPSA) is 46.6 Å². The maximum atomic E-state index is 12.1. The summed E-state index contributed by atoms with van der Waals surface area (Å²) >= 11 is 0. The summed E-state index contributed by atoms with van der Waals surface area (Å²) in [5, 5.41) is 0. The van der Waals surface area contributed by atoms with E-state index in [0.717, 1.165) is 25.8 Å². The maximum absolute atomic E-state index is 12.1. The highest BCUT2D eigenvalue weighted by Crippen LogP contribution is 2.31. The third-order valence-corrected chi connectivity index (χ3v) is 3.72. The molecule has 0 spiro atoms. The van der Waals surface area contributed by atoms with Crippen molar-refractivity contribution in [2.24, 2.45) is 0 Å². The van der Waals surface area contributed by atoms with Gasteiger partial charge >= 0.3 is 0 Å². The van der Waals surface area contributed by atoms with Crippen molar-refractivity contribution in [2.75, 3.05) is 6.54 Å². The van der Waals surface area contributed by atoms with Crippen LogP contribution in [0.4, 0.5) is 0 Å². The zero-order valence-electron chi connectivity index (χ0n) is 11.0. The molecular weight excluding hydrogens is 242 g/mol. The van der Waals surface area contributed by atoms with Crippen LogP contribution in [0.1, 0.15) is 36.5 Å². The molecule has 1 aromatic carbocycles. The highest BCUT2D eigenvalue weighted by Gasteiger charge is 2.41. The number of likely N-dealkylation sites (tertiary alicyclic amines) is 1. The number of benzene rings is 1. The molecule has 2 aliphatic rings. The minimum Gasteiger partial charge on any atom is -0.481 e. The highest BCUT2D eigenvalue weighted by atomic mass is 16.5. The molecule has 1 heterocycles. The normalized spacial score (nSPS) is 22.7. The van der Waals surface area contributed by atoms with Crippen molar-refractivity contribution < 1.29 is 14.3 Å². The number of nitrogens with zero attached hydrogens (tertiary/aromatic N) is 1. The van der Waals surface area contributed by atoms with E-state index in [2.05, 4.69) is 0 Å². The van der Waals surface area contributed by atoms with Gasteiger partial charge in [-0.3, -0.25) is 9.59 Å². The summed E-state index contributed by atoms with van der Waals surface area (Å²) < 4.78 is 5.73. The molecule has 4 heteroatoms. The van der Waals surface area contributed by atoms with E-state index in [9.17, 15) is 9.59 Å². The van der Waals surface area contributed by atoms with Crippen LogP contribution in [0, 0.1) is 0 Å². The fraction of sp³-hybridized carbons (Fsp3) is 0.467. The van der Waals surface area contributed by atoms with E-state index in [-0.39, 0.29) is 17.8 Å². The molecule has 3 rings (SSSR count). The summed E-state index contributed by atoms with van der Waals surface area (Å²) in [5.74, 6) is 0.794. The van der Waals surface area contributed by atoms with Gasteiger partial charge in [-0.05, 0) is 44.0 Å². The average molecular weight is 259 g/mol. The van der Waals surface area contributed by atoms with Crippen LogP contribution in [0.25, 0.3) is 0 Å². The number of carbonyl (C=O) groups is 2. The van der Waals surface area contributed by atoms with E-state index < -0.39 is 0 Å². The van der Waals surface area contributed by atoms with Gasteiger partial charge in [-0.25, -0.2) is 0 Å². The van der Waals surface area contributed by atoms with Crippen LogP contribution in [0.15, 0.2) is 24.3 Å². The average Bonchev–Trinajstić information content (AvgIpc) is 3.17. The molecule has 1 amide bonds. The minimum absolute atomic E-state index is 0.0309. The zero-order chi connectivity index (χ0) is 13.4. The number of carbonyl (C=O) groups excluding carboxylic acids is 2. The molecule has 1 saturated carbocycles. The van der Waals surface area contributed by atoms with E-state index >= 15 is 0 Å². The Morgan fingerprint density at radius 1 is 1.21 bits per heavy atom. The lowest BCUT2D eigenvalue weighted by Gasteiger charge is -2.16. The Hall–Kier alpha value is -1.84. The molecule has 0 N–H and O–H groups in total. The molecule has 0 aromatic heterocycles.